The second kappa shape index (κ2) is 6.37. The molecule has 1 aliphatic rings. The third kappa shape index (κ3) is 5.19. The van der Waals surface area contributed by atoms with Crippen molar-refractivity contribution in [1.29, 1.82) is 0 Å². The molecule has 3 N–H and O–H groups in total. The summed E-state index contributed by atoms with van der Waals surface area (Å²) in [6.45, 7) is 7.42. The van der Waals surface area contributed by atoms with Gasteiger partial charge in [0.05, 0.1) is 0 Å². The number of nitrogens with zero attached hydrogens (tertiary/aromatic N) is 1. The number of nitrogens with two attached hydrogens (primary N) is 1. The highest BCUT2D eigenvalue weighted by molar-refractivity contribution is 5.77. The normalized spacial score (nSPS) is 19.3. The van der Waals surface area contributed by atoms with Crippen LogP contribution in [0.15, 0.2) is 0 Å². The number of likely N-dealkylation sites (tertiary alicyclic amines) is 1. The summed E-state index contributed by atoms with van der Waals surface area (Å²) in [4.78, 5) is 24.6. The van der Waals surface area contributed by atoms with Crippen LogP contribution in [0.2, 0.25) is 0 Å². The Labute approximate surface area is 115 Å². The summed E-state index contributed by atoms with van der Waals surface area (Å²) in [6.07, 6.45) is 2.14. The molecule has 1 amide bonds. The minimum absolute atomic E-state index is 0.0721. The van der Waals surface area contributed by atoms with Crippen LogP contribution in [-0.4, -0.2) is 41.0 Å². The van der Waals surface area contributed by atoms with Gasteiger partial charge in [-0.25, -0.2) is 0 Å². The first-order valence-electron chi connectivity index (χ1n) is 6.95. The maximum absolute atomic E-state index is 12.1. The predicted molar refractivity (Wildman–Crippen MR) is 73.6 cm³/mol. The monoisotopic (exact) mass is 270 g/mol. The number of carbonyl (C=O) groups excluding carboxylic acids is 1. The molecule has 1 aliphatic heterocycles. The lowest BCUT2D eigenvalue weighted by atomic mass is 9.85. The first-order valence-corrected chi connectivity index (χ1v) is 6.95. The zero-order chi connectivity index (χ0) is 14.6. The standard InChI is InChI=1S/C14H26N2O3/c1-14(2,3)11(15)9-12(17)16-6-4-10(5-7-16)8-13(18)19/h10-11H,4-9,15H2,1-3H3,(H,18,19). The molecular weight excluding hydrogens is 244 g/mol. The molecule has 0 aromatic rings. The van der Waals surface area contributed by atoms with Gasteiger partial charge in [-0.05, 0) is 24.2 Å². The Bertz CT molecular complexity index is 328. The van der Waals surface area contributed by atoms with E-state index in [0.29, 0.717) is 19.5 Å². The number of carboxylic acids is 1. The lowest BCUT2D eigenvalue weighted by molar-refractivity contribution is -0.138. The molecule has 1 atom stereocenters. The number of carbonyl (C=O) groups is 2. The second-order valence-corrected chi connectivity index (χ2v) is 6.60. The topological polar surface area (TPSA) is 83.6 Å². The van der Waals surface area contributed by atoms with E-state index in [0.717, 1.165) is 12.8 Å². The molecule has 0 aromatic heterocycles. The minimum Gasteiger partial charge on any atom is -0.481 e. The van der Waals surface area contributed by atoms with Gasteiger partial charge in [0, 0.05) is 32.0 Å². The van der Waals surface area contributed by atoms with Crippen molar-refractivity contribution in [2.45, 2.75) is 52.5 Å². The maximum atomic E-state index is 12.1. The first-order chi connectivity index (χ1) is 8.70. The molecule has 5 nitrogen and oxygen atoms in total. The molecule has 0 bridgehead atoms. The van der Waals surface area contributed by atoms with Gasteiger partial charge in [0.2, 0.25) is 5.91 Å². The highest BCUT2D eigenvalue weighted by Gasteiger charge is 2.28. The summed E-state index contributed by atoms with van der Waals surface area (Å²) in [5.41, 5.74) is 5.95. The number of hydrogen-bond acceptors (Lipinski definition) is 3. The Balaban J connectivity index is 2.39. The molecule has 0 radical (unpaired) electrons. The molecule has 0 aliphatic carbocycles. The average molecular weight is 270 g/mol. The lowest BCUT2D eigenvalue weighted by Gasteiger charge is -2.34. The van der Waals surface area contributed by atoms with Crippen LogP contribution >= 0.6 is 0 Å². The highest BCUT2D eigenvalue weighted by atomic mass is 16.4. The average Bonchev–Trinajstić information content (AvgIpc) is 2.27. The van der Waals surface area contributed by atoms with Gasteiger partial charge in [0.15, 0.2) is 0 Å². The van der Waals surface area contributed by atoms with Gasteiger partial charge in [-0.1, -0.05) is 20.8 Å². The quantitative estimate of drug-likeness (QED) is 0.810. The first kappa shape index (κ1) is 16.0. The molecule has 5 heteroatoms. The van der Waals surface area contributed by atoms with E-state index in [-0.39, 0.29) is 29.7 Å². The Morgan fingerprint density at radius 3 is 2.26 bits per heavy atom. The summed E-state index contributed by atoms with van der Waals surface area (Å²) in [5.74, 6) is -0.450. The SMILES string of the molecule is CC(C)(C)C(N)CC(=O)N1CCC(CC(=O)O)CC1. The van der Waals surface area contributed by atoms with Crippen molar-refractivity contribution in [3.8, 4) is 0 Å². The third-order valence-electron chi connectivity index (χ3n) is 3.94. The van der Waals surface area contributed by atoms with E-state index in [1.54, 1.807) is 0 Å². The van der Waals surface area contributed by atoms with Crippen LogP contribution in [0.5, 0.6) is 0 Å². The van der Waals surface area contributed by atoms with E-state index in [4.69, 9.17) is 10.8 Å². The summed E-state index contributed by atoms with van der Waals surface area (Å²) < 4.78 is 0. The zero-order valence-corrected chi connectivity index (χ0v) is 12.2. The minimum atomic E-state index is -0.750. The summed E-state index contributed by atoms with van der Waals surface area (Å²) in [7, 11) is 0. The van der Waals surface area contributed by atoms with Crippen molar-refractivity contribution in [3.05, 3.63) is 0 Å². The summed E-state index contributed by atoms with van der Waals surface area (Å²) in [6, 6.07) is -0.142. The number of piperidine rings is 1. The second-order valence-electron chi connectivity index (χ2n) is 6.60. The van der Waals surface area contributed by atoms with Gasteiger partial charge in [0.25, 0.3) is 0 Å². The van der Waals surface area contributed by atoms with Crippen molar-refractivity contribution >= 4 is 11.9 Å². The van der Waals surface area contributed by atoms with Crippen molar-refractivity contribution in [1.82, 2.24) is 4.90 Å². The van der Waals surface area contributed by atoms with E-state index in [9.17, 15) is 9.59 Å². The maximum Gasteiger partial charge on any atom is 0.303 e. The van der Waals surface area contributed by atoms with Gasteiger partial charge in [0.1, 0.15) is 0 Å². The Morgan fingerprint density at radius 1 is 1.32 bits per heavy atom. The number of hydrogen-bond donors (Lipinski definition) is 2. The van der Waals surface area contributed by atoms with E-state index >= 15 is 0 Å². The molecule has 110 valence electrons. The molecule has 0 spiro atoms. The fourth-order valence-corrected chi connectivity index (χ4v) is 2.26. The van der Waals surface area contributed by atoms with Crippen LogP contribution in [0, 0.1) is 11.3 Å². The van der Waals surface area contributed by atoms with Gasteiger partial charge < -0.3 is 15.7 Å². The Hall–Kier alpha value is -1.10. The smallest absolute Gasteiger partial charge is 0.303 e. The van der Waals surface area contributed by atoms with Gasteiger partial charge in [-0.3, -0.25) is 9.59 Å². The number of aliphatic carboxylic acids is 1. The van der Waals surface area contributed by atoms with Crippen molar-refractivity contribution < 1.29 is 14.7 Å². The van der Waals surface area contributed by atoms with Crippen LogP contribution in [0.4, 0.5) is 0 Å². The largest absolute Gasteiger partial charge is 0.481 e. The number of carboxylic acid groups (broad SMARTS) is 1. The molecule has 19 heavy (non-hydrogen) atoms. The predicted octanol–water partition coefficient (Wildman–Crippen LogP) is 1.46. The summed E-state index contributed by atoms with van der Waals surface area (Å²) >= 11 is 0. The van der Waals surface area contributed by atoms with E-state index in [1.165, 1.54) is 0 Å². The molecule has 1 rings (SSSR count). The van der Waals surface area contributed by atoms with Gasteiger partial charge in [-0.2, -0.15) is 0 Å². The van der Waals surface area contributed by atoms with Gasteiger partial charge in [-0.15, -0.1) is 0 Å². The number of rotatable bonds is 4. The van der Waals surface area contributed by atoms with Crippen LogP contribution in [0.3, 0.4) is 0 Å². The molecule has 1 saturated heterocycles. The molecular formula is C14H26N2O3. The van der Waals surface area contributed by atoms with Crippen LogP contribution < -0.4 is 5.73 Å². The van der Waals surface area contributed by atoms with Gasteiger partial charge >= 0.3 is 5.97 Å². The van der Waals surface area contributed by atoms with Crippen LogP contribution in [-0.2, 0) is 9.59 Å². The van der Waals surface area contributed by atoms with Crippen molar-refractivity contribution in [3.63, 3.8) is 0 Å². The summed E-state index contributed by atoms with van der Waals surface area (Å²) in [5, 5.41) is 8.75. The van der Waals surface area contributed by atoms with E-state index in [2.05, 4.69) is 0 Å². The third-order valence-corrected chi connectivity index (χ3v) is 3.94. The zero-order valence-electron chi connectivity index (χ0n) is 12.2. The Kier molecular flexibility index (Phi) is 5.35. The van der Waals surface area contributed by atoms with Crippen LogP contribution in [0.25, 0.3) is 0 Å². The van der Waals surface area contributed by atoms with Crippen LogP contribution in [0.1, 0.15) is 46.5 Å². The molecule has 1 heterocycles. The van der Waals surface area contributed by atoms with Crippen molar-refractivity contribution in [2.75, 3.05) is 13.1 Å². The van der Waals surface area contributed by atoms with Crippen molar-refractivity contribution in [2.24, 2.45) is 17.1 Å². The molecule has 0 aromatic carbocycles. The fourth-order valence-electron chi connectivity index (χ4n) is 2.26. The van der Waals surface area contributed by atoms with E-state index < -0.39 is 5.97 Å². The molecule has 0 saturated carbocycles. The highest BCUT2D eigenvalue weighted by Crippen LogP contribution is 2.24. The molecule has 1 unspecified atom stereocenters. The Morgan fingerprint density at radius 2 is 1.84 bits per heavy atom. The lowest BCUT2D eigenvalue weighted by Crippen LogP contribution is -2.44. The van der Waals surface area contributed by atoms with E-state index in [1.807, 2.05) is 25.7 Å². The fraction of sp³-hybridized carbons (Fsp3) is 0.857. The molecule has 1 fully saturated rings. The number of amides is 1.